The zero-order chi connectivity index (χ0) is 17.5. The minimum atomic E-state index is -0.661. The van der Waals surface area contributed by atoms with Gasteiger partial charge < -0.3 is 19.7 Å². The molecule has 126 valence electrons. The Hall–Kier alpha value is -2.76. The van der Waals surface area contributed by atoms with E-state index in [1.165, 1.54) is 0 Å². The van der Waals surface area contributed by atoms with Crippen molar-refractivity contribution in [2.75, 3.05) is 7.05 Å². The van der Waals surface area contributed by atoms with Crippen molar-refractivity contribution in [3.8, 4) is 17.2 Å². The lowest BCUT2D eigenvalue weighted by Gasteiger charge is -2.09. The molecule has 0 saturated carbocycles. The molecule has 0 unspecified atom stereocenters. The quantitative estimate of drug-likeness (QED) is 0.653. The first-order valence-corrected chi connectivity index (χ1v) is 8.14. The van der Waals surface area contributed by atoms with Crippen molar-refractivity contribution in [1.82, 2.24) is 5.23 Å². The van der Waals surface area contributed by atoms with Crippen molar-refractivity contribution >= 4 is 12.5 Å². The lowest BCUT2D eigenvalue weighted by molar-refractivity contribution is 0.306. The van der Waals surface area contributed by atoms with Gasteiger partial charge in [-0.15, -0.1) is 0 Å². The van der Waals surface area contributed by atoms with Gasteiger partial charge in [-0.3, -0.25) is 0 Å². The van der Waals surface area contributed by atoms with E-state index in [9.17, 15) is 5.02 Å². The molecule has 0 saturated heterocycles. The first-order chi connectivity index (χ1) is 12.2. The first kappa shape index (κ1) is 17.1. The van der Waals surface area contributed by atoms with Gasteiger partial charge in [-0.25, -0.2) is 0 Å². The Kier molecular flexibility index (Phi) is 5.72. The van der Waals surface area contributed by atoms with Gasteiger partial charge in [0.05, 0.1) is 0 Å². The van der Waals surface area contributed by atoms with E-state index in [-0.39, 0.29) is 0 Å². The number of benzene rings is 3. The smallest absolute Gasteiger partial charge is 0.412 e. The third kappa shape index (κ3) is 4.86. The zero-order valence-electron chi connectivity index (χ0n) is 14.1. The van der Waals surface area contributed by atoms with Crippen LogP contribution in [0.25, 0.3) is 0 Å². The molecule has 0 spiro atoms. The minimum absolute atomic E-state index is 0.472. The standard InChI is InChI=1S/C20H20BNO3/c1-22-21(23)17-9-13-18(14-10-17)24-15-16-7-11-20(12-8-16)25-19-5-3-2-4-6-19/h2-14,22-23H,15H2,1H3. The van der Waals surface area contributed by atoms with Crippen molar-refractivity contribution in [3.63, 3.8) is 0 Å². The number of hydrogen-bond donors (Lipinski definition) is 2. The summed E-state index contributed by atoms with van der Waals surface area (Å²) in [7, 11) is 1.05. The Morgan fingerprint density at radius 2 is 1.40 bits per heavy atom. The number of nitrogens with one attached hydrogen (secondary N) is 1. The van der Waals surface area contributed by atoms with Gasteiger partial charge in [0.1, 0.15) is 23.9 Å². The lowest BCUT2D eigenvalue weighted by Crippen LogP contribution is -2.42. The Labute approximate surface area is 148 Å². The highest BCUT2D eigenvalue weighted by molar-refractivity contribution is 6.63. The van der Waals surface area contributed by atoms with Crippen molar-refractivity contribution in [2.24, 2.45) is 0 Å². The van der Waals surface area contributed by atoms with Crippen LogP contribution in [0.4, 0.5) is 0 Å². The van der Waals surface area contributed by atoms with Gasteiger partial charge in [0, 0.05) is 0 Å². The van der Waals surface area contributed by atoms with E-state index in [0.29, 0.717) is 6.61 Å². The van der Waals surface area contributed by atoms with E-state index in [1.54, 1.807) is 7.05 Å². The molecule has 0 heterocycles. The zero-order valence-corrected chi connectivity index (χ0v) is 14.1. The molecule has 2 N–H and O–H groups in total. The highest BCUT2D eigenvalue weighted by Crippen LogP contribution is 2.21. The molecule has 0 radical (unpaired) electrons. The summed E-state index contributed by atoms with van der Waals surface area (Å²) in [5.41, 5.74) is 1.86. The van der Waals surface area contributed by atoms with E-state index in [1.807, 2.05) is 78.9 Å². The maximum atomic E-state index is 9.70. The molecule has 0 aliphatic carbocycles. The van der Waals surface area contributed by atoms with Gasteiger partial charge in [-0.2, -0.15) is 0 Å². The molecule has 3 aromatic rings. The average Bonchev–Trinajstić information content (AvgIpc) is 2.68. The van der Waals surface area contributed by atoms with Crippen LogP contribution >= 0.6 is 0 Å². The number of para-hydroxylation sites is 1. The van der Waals surface area contributed by atoms with Crippen LogP contribution < -0.4 is 20.2 Å². The fourth-order valence-electron chi connectivity index (χ4n) is 2.36. The van der Waals surface area contributed by atoms with Crippen molar-refractivity contribution in [3.05, 3.63) is 84.4 Å². The number of ether oxygens (including phenoxy) is 2. The van der Waals surface area contributed by atoms with E-state index in [2.05, 4.69) is 5.23 Å². The third-order valence-corrected chi connectivity index (χ3v) is 3.78. The predicted molar refractivity (Wildman–Crippen MR) is 100 cm³/mol. The van der Waals surface area contributed by atoms with Crippen LogP contribution in [0.3, 0.4) is 0 Å². The van der Waals surface area contributed by atoms with E-state index in [4.69, 9.17) is 9.47 Å². The summed E-state index contributed by atoms with van der Waals surface area (Å²) >= 11 is 0. The average molecular weight is 333 g/mol. The second kappa shape index (κ2) is 8.37. The molecule has 0 aliphatic rings. The molecule has 0 fully saturated rings. The molecule has 3 rings (SSSR count). The summed E-state index contributed by atoms with van der Waals surface area (Å²) in [4.78, 5) is 0. The second-order valence-corrected chi connectivity index (χ2v) is 5.61. The van der Waals surface area contributed by atoms with Crippen LogP contribution in [-0.4, -0.2) is 19.1 Å². The molecule has 0 aliphatic heterocycles. The van der Waals surface area contributed by atoms with Gasteiger partial charge in [-0.05, 0) is 54.5 Å². The summed E-state index contributed by atoms with van der Waals surface area (Å²) < 4.78 is 11.5. The van der Waals surface area contributed by atoms with Crippen LogP contribution in [0, 0.1) is 0 Å². The highest BCUT2D eigenvalue weighted by Gasteiger charge is 2.10. The Bertz CT molecular complexity index is 776. The molecule has 0 amide bonds. The molecule has 0 bridgehead atoms. The van der Waals surface area contributed by atoms with Crippen molar-refractivity contribution in [2.45, 2.75) is 6.61 Å². The molecule has 25 heavy (non-hydrogen) atoms. The van der Waals surface area contributed by atoms with Gasteiger partial charge in [0.2, 0.25) is 0 Å². The van der Waals surface area contributed by atoms with Crippen LogP contribution in [0.1, 0.15) is 5.56 Å². The Morgan fingerprint density at radius 3 is 2.04 bits per heavy atom. The molecular weight excluding hydrogens is 313 g/mol. The van der Waals surface area contributed by atoms with Gasteiger partial charge in [-0.1, -0.05) is 42.5 Å². The topological polar surface area (TPSA) is 50.7 Å². The van der Waals surface area contributed by atoms with Gasteiger partial charge >= 0.3 is 7.05 Å². The summed E-state index contributed by atoms with van der Waals surface area (Å²) in [6.45, 7) is 0.472. The monoisotopic (exact) mass is 333 g/mol. The molecule has 5 heteroatoms. The third-order valence-electron chi connectivity index (χ3n) is 3.78. The van der Waals surface area contributed by atoms with E-state index in [0.717, 1.165) is 28.3 Å². The highest BCUT2D eigenvalue weighted by atomic mass is 16.5. The Balaban J connectivity index is 1.55. The van der Waals surface area contributed by atoms with E-state index >= 15 is 0 Å². The summed E-state index contributed by atoms with van der Waals surface area (Å²) in [6.07, 6.45) is 0. The maximum absolute atomic E-state index is 9.70. The fourth-order valence-corrected chi connectivity index (χ4v) is 2.36. The number of rotatable bonds is 7. The second-order valence-electron chi connectivity index (χ2n) is 5.61. The SMILES string of the molecule is CNB(O)c1ccc(OCc2ccc(Oc3ccccc3)cc2)cc1. The largest absolute Gasteiger partial charge is 0.489 e. The fraction of sp³-hybridized carbons (Fsp3) is 0.100. The summed E-state index contributed by atoms with van der Waals surface area (Å²) in [5, 5.41) is 12.5. The predicted octanol–water partition coefficient (Wildman–Crippen LogP) is 2.96. The molecule has 0 aromatic heterocycles. The molecule has 3 aromatic carbocycles. The van der Waals surface area contributed by atoms with Gasteiger partial charge in [0.15, 0.2) is 0 Å². The van der Waals surface area contributed by atoms with Crippen LogP contribution in [0.2, 0.25) is 0 Å². The summed E-state index contributed by atoms with van der Waals surface area (Å²) in [6, 6.07) is 24.9. The first-order valence-electron chi connectivity index (χ1n) is 8.14. The van der Waals surface area contributed by atoms with E-state index < -0.39 is 7.05 Å². The van der Waals surface area contributed by atoms with Gasteiger partial charge in [0.25, 0.3) is 0 Å². The normalized spacial score (nSPS) is 10.3. The molecule has 4 nitrogen and oxygen atoms in total. The van der Waals surface area contributed by atoms with Crippen molar-refractivity contribution in [1.29, 1.82) is 0 Å². The summed E-state index contributed by atoms with van der Waals surface area (Å²) in [5.74, 6) is 2.37. The lowest BCUT2D eigenvalue weighted by atomic mass is 9.75. The molecule has 0 atom stereocenters. The van der Waals surface area contributed by atoms with Crippen LogP contribution in [0.15, 0.2) is 78.9 Å². The molecular formula is C20H20BNO3. The Morgan fingerprint density at radius 1 is 0.800 bits per heavy atom. The van der Waals surface area contributed by atoms with Crippen LogP contribution in [0.5, 0.6) is 17.2 Å². The maximum Gasteiger partial charge on any atom is 0.412 e. The number of hydrogen-bond acceptors (Lipinski definition) is 4. The van der Waals surface area contributed by atoms with Crippen molar-refractivity contribution < 1.29 is 14.5 Å². The minimum Gasteiger partial charge on any atom is -0.489 e. The van der Waals surface area contributed by atoms with Crippen LogP contribution in [-0.2, 0) is 6.61 Å².